The summed E-state index contributed by atoms with van der Waals surface area (Å²) in [5, 5.41) is 9.17. The van der Waals surface area contributed by atoms with Crippen molar-refractivity contribution in [3.8, 4) is 11.5 Å². The van der Waals surface area contributed by atoms with Gasteiger partial charge in [0.1, 0.15) is 16.9 Å². The van der Waals surface area contributed by atoms with Crippen LogP contribution in [0.25, 0.3) is 22.6 Å². The van der Waals surface area contributed by atoms with Crippen molar-refractivity contribution in [2.75, 3.05) is 5.75 Å². The Balaban J connectivity index is 2.43. The molecule has 3 heterocycles. The second kappa shape index (κ2) is 7.48. The zero-order valence-corrected chi connectivity index (χ0v) is 17.4. The molecule has 0 saturated carbocycles. The Hall–Kier alpha value is -3.22. The number of imidazole rings is 1. The monoisotopic (exact) mass is 458 g/mol. The highest BCUT2D eigenvalue weighted by atomic mass is 32.2. The number of rotatable bonds is 5. The van der Waals surface area contributed by atoms with Crippen molar-refractivity contribution in [3.63, 3.8) is 0 Å². The van der Waals surface area contributed by atoms with Crippen molar-refractivity contribution >= 4 is 26.8 Å². The minimum atomic E-state index is -4.81. The minimum Gasteiger partial charge on any atom is -0.478 e. The Labute approximate surface area is 173 Å². The summed E-state index contributed by atoms with van der Waals surface area (Å²) >= 11 is 0. The van der Waals surface area contributed by atoms with E-state index in [0.717, 1.165) is 16.8 Å². The molecule has 166 valence electrons. The number of aromatic carboxylic acids is 1. The Morgan fingerprint density at radius 3 is 2.39 bits per heavy atom. The number of pyridine rings is 2. The maximum atomic E-state index is 13.4. The van der Waals surface area contributed by atoms with Gasteiger partial charge >= 0.3 is 12.1 Å². The summed E-state index contributed by atoms with van der Waals surface area (Å²) in [6.07, 6.45) is -3.89. The quantitative estimate of drug-likeness (QED) is 0.622. The van der Waals surface area contributed by atoms with Crippen LogP contribution >= 0.6 is 0 Å². The number of nitrogens with zero attached hydrogens (tertiary/aromatic N) is 4. The molecule has 0 aliphatic heterocycles. The average Bonchev–Trinajstić information content (AvgIpc) is 3.03. The number of aromatic nitrogens is 4. The normalized spacial score (nSPS) is 12.5. The maximum Gasteiger partial charge on any atom is 0.431 e. The molecule has 0 amide bonds. The molecular formula is C18H17F3N4O5S. The van der Waals surface area contributed by atoms with Gasteiger partial charge in [-0.1, -0.05) is 6.92 Å². The molecule has 0 fully saturated rings. The van der Waals surface area contributed by atoms with E-state index in [4.69, 9.17) is 0 Å². The molecule has 0 aliphatic carbocycles. The Kier molecular flexibility index (Phi) is 5.42. The first-order valence-corrected chi connectivity index (χ1v) is 10.6. The molecule has 0 spiro atoms. The highest BCUT2D eigenvalue weighted by Crippen LogP contribution is 2.32. The zero-order chi connectivity index (χ0) is 23.3. The summed E-state index contributed by atoms with van der Waals surface area (Å²) in [6.45, 7) is 2.49. The lowest BCUT2D eigenvalue weighted by atomic mass is 10.2. The number of carboxylic acid groups (broad SMARTS) is 1. The molecule has 0 bridgehead atoms. The molecule has 9 nitrogen and oxygen atoms in total. The molecule has 3 aromatic heterocycles. The molecule has 0 unspecified atom stereocenters. The van der Waals surface area contributed by atoms with Crippen molar-refractivity contribution < 1.29 is 31.5 Å². The third-order valence-corrected chi connectivity index (χ3v) is 6.51. The number of fused-ring (bicyclic) bond motifs is 1. The second-order valence-corrected chi connectivity index (χ2v) is 8.83. The summed E-state index contributed by atoms with van der Waals surface area (Å²) in [5.74, 6) is -1.97. The number of hydrogen-bond acceptors (Lipinski definition) is 6. The molecule has 1 N–H and O–H groups in total. The van der Waals surface area contributed by atoms with E-state index in [1.807, 2.05) is 0 Å². The van der Waals surface area contributed by atoms with Crippen molar-refractivity contribution in [1.29, 1.82) is 0 Å². The van der Waals surface area contributed by atoms with Crippen LogP contribution in [-0.4, -0.2) is 44.3 Å². The summed E-state index contributed by atoms with van der Waals surface area (Å²) in [7, 11) is -2.64. The first-order chi connectivity index (χ1) is 14.3. The summed E-state index contributed by atoms with van der Waals surface area (Å²) < 4.78 is 67.1. The van der Waals surface area contributed by atoms with Crippen molar-refractivity contribution in [3.05, 3.63) is 39.9 Å². The molecule has 0 radical (unpaired) electrons. The smallest absolute Gasteiger partial charge is 0.431 e. The number of halogens is 3. The number of sulfone groups is 1. The molecular weight excluding hydrogens is 441 g/mol. The lowest BCUT2D eigenvalue weighted by Crippen LogP contribution is -2.28. The van der Waals surface area contributed by atoms with Crippen LogP contribution in [0.3, 0.4) is 0 Å². The van der Waals surface area contributed by atoms with Gasteiger partial charge in [-0.05, 0) is 19.1 Å². The van der Waals surface area contributed by atoms with Crippen molar-refractivity contribution in [2.45, 2.75) is 31.5 Å². The van der Waals surface area contributed by atoms with Gasteiger partial charge in [0.25, 0.3) is 5.56 Å². The summed E-state index contributed by atoms with van der Waals surface area (Å²) in [4.78, 5) is 31.5. The SMILES string of the molecule is CCn1c(C(F)(F)F)cc2nc(-c3ncc(C(=O)O)cc3S(=O)(=O)CC)n(C)c2c1=O. The maximum absolute atomic E-state index is 13.4. The van der Waals surface area contributed by atoms with Crippen molar-refractivity contribution in [1.82, 2.24) is 19.1 Å². The van der Waals surface area contributed by atoms with E-state index in [1.54, 1.807) is 0 Å². The molecule has 0 aromatic carbocycles. The van der Waals surface area contributed by atoms with Gasteiger partial charge in [0.15, 0.2) is 15.7 Å². The highest BCUT2D eigenvalue weighted by Gasteiger charge is 2.36. The lowest BCUT2D eigenvalue weighted by molar-refractivity contribution is -0.144. The predicted octanol–water partition coefficient (Wildman–Crippen LogP) is 2.33. The molecule has 3 rings (SSSR count). The third-order valence-electron chi connectivity index (χ3n) is 4.77. The number of alkyl halides is 3. The van der Waals surface area contributed by atoms with Crippen LogP contribution in [0.5, 0.6) is 0 Å². The third kappa shape index (κ3) is 3.69. The molecule has 13 heteroatoms. The number of carboxylic acids is 1. The lowest BCUT2D eigenvalue weighted by Gasteiger charge is -2.14. The van der Waals surface area contributed by atoms with E-state index in [0.29, 0.717) is 10.6 Å². The molecule has 0 aliphatic rings. The van der Waals surface area contributed by atoms with Crippen LogP contribution < -0.4 is 5.56 Å². The predicted molar refractivity (Wildman–Crippen MR) is 104 cm³/mol. The highest BCUT2D eigenvalue weighted by molar-refractivity contribution is 7.91. The van der Waals surface area contributed by atoms with E-state index >= 15 is 0 Å². The second-order valence-electron chi connectivity index (χ2n) is 6.58. The standard InChI is InChI=1S/C18H17F3N4O5S/c1-4-25-12(18(19,20)21)7-10-14(16(25)26)24(3)15(23-10)13-11(31(29,30)5-2)6-9(8-22-13)17(27)28/h6-8H,4-5H2,1-3H3,(H,27,28). The van der Waals surface area contributed by atoms with Gasteiger partial charge in [-0.3, -0.25) is 9.78 Å². The molecule has 3 aromatic rings. The molecule has 0 saturated heterocycles. The number of hydrogen-bond donors (Lipinski definition) is 1. The molecule has 31 heavy (non-hydrogen) atoms. The van der Waals surface area contributed by atoms with Crippen LogP contribution in [0.1, 0.15) is 29.9 Å². The van der Waals surface area contributed by atoms with Gasteiger partial charge < -0.3 is 14.2 Å². The van der Waals surface area contributed by atoms with Crippen LogP contribution in [0.2, 0.25) is 0 Å². The van der Waals surface area contributed by atoms with Gasteiger partial charge in [-0.2, -0.15) is 13.2 Å². The van der Waals surface area contributed by atoms with Gasteiger partial charge in [0.05, 0.1) is 21.7 Å². The first-order valence-electron chi connectivity index (χ1n) is 8.97. The van der Waals surface area contributed by atoms with Crippen LogP contribution in [0.4, 0.5) is 13.2 Å². The van der Waals surface area contributed by atoms with Crippen molar-refractivity contribution in [2.24, 2.45) is 7.05 Å². The van der Waals surface area contributed by atoms with E-state index in [-0.39, 0.29) is 40.4 Å². The van der Waals surface area contributed by atoms with E-state index in [1.165, 1.54) is 20.9 Å². The average molecular weight is 458 g/mol. The Morgan fingerprint density at radius 1 is 1.23 bits per heavy atom. The molecule has 0 atom stereocenters. The van der Waals surface area contributed by atoms with Crippen LogP contribution in [0, 0.1) is 0 Å². The van der Waals surface area contributed by atoms with Crippen LogP contribution in [-0.2, 0) is 29.6 Å². The zero-order valence-electron chi connectivity index (χ0n) is 16.6. The fourth-order valence-corrected chi connectivity index (χ4v) is 4.26. The summed E-state index contributed by atoms with van der Waals surface area (Å²) in [5.41, 5.74) is -3.25. The van der Waals surface area contributed by atoms with Gasteiger partial charge in [-0.25, -0.2) is 18.2 Å². The van der Waals surface area contributed by atoms with E-state index in [9.17, 15) is 36.3 Å². The Morgan fingerprint density at radius 2 is 1.87 bits per heavy atom. The Bertz CT molecular complexity index is 1370. The van der Waals surface area contributed by atoms with E-state index in [2.05, 4.69) is 9.97 Å². The van der Waals surface area contributed by atoms with Gasteiger partial charge in [0, 0.05) is 19.8 Å². The van der Waals surface area contributed by atoms with Gasteiger partial charge in [0.2, 0.25) is 0 Å². The largest absolute Gasteiger partial charge is 0.478 e. The number of carbonyl (C=O) groups is 1. The van der Waals surface area contributed by atoms with Crippen LogP contribution in [0.15, 0.2) is 28.0 Å². The van der Waals surface area contributed by atoms with E-state index < -0.39 is 38.1 Å². The fourth-order valence-electron chi connectivity index (χ4n) is 3.20. The van der Waals surface area contributed by atoms with Gasteiger partial charge in [-0.15, -0.1) is 0 Å². The summed E-state index contributed by atoms with van der Waals surface area (Å²) in [6, 6.07) is 1.62. The fraction of sp³-hybridized carbons (Fsp3) is 0.333. The minimum absolute atomic E-state index is 0.172. The topological polar surface area (TPSA) is 124 Å². The number of aryl methyl sites for hydroxylation is 1. The first kappa shape index (κ1) is 22.5.